The van der Waals surface area contributed by atoms with E-state index >= 15 is 0 Å². The first-order valence-corrected chi connectivity index (χ1v) is 7.49. The van der Waals surface area contributed by atoms with Gasteiger partial charge in [-0.3, -0.25) is 0 Å². The summed E-state index contributed by atoms with van der Waals surface area (Å²) in [6.45, 7) is 7.13. The van der Waals surface area contributed by atoms with Crippen molar-refractivity contribution in [2.75, 3.05) is 17.2 Å². The third kappa shape index (κ3) is 3.48. The van der Waals surface area contributed by atoms with Crippen molar-refractivity contribution in [2.24, 2.45) is 0 Å². The van der Waals surface area contributed by atoms with E-state index in [2.05, 4.69) is 62.5 Å². The lowest BCUT2D eigenvalue weighted by Gasteiger charge is -2.13. The smallest absolute Gasteiger partial charge is 0.138 e. The Morgan fingerprint density at radius 2 is 1.90 bits per heavy atom. The van der Waals surface area contributed by atoms with Crippen LogP contribution in [-0.4, -0.2) is 16.5 Å². The Morgan fingerprint density at radius 1 is 1.15 bits per heavy atom. The SMILES string of the molecule is CCCNc1ncnc(Nc2cc(C)ccc2Br)c1C. The zero-order chi connectivity index (χ0) is 14.5. The molecule has 0 spiro atoms. The molecule has 1 aromatic heterocycles. The van der Waals surface area contributed by atoms with Gasteiger partial charge in [-0.1, -0.05) is 13.0 Å². The van der Waals surface area contributed by atoms with Gasteiger partial charge in [0.05, 0.1) is 5.69 Å². The fraction of sp³-hybridized carbons (Fsp3) is 0.333. The molecular weight excluding hydrogens is 316 g/mol. The molecule has 0 saturated carbocycles. The summed E-state index contributed by atoms with van der Waals surface area (Å²) in [5.74, 6) is 1.71. The number of aromatic nitrogens is 2. The Labute approximate surface area is 128 Å². The van der Waals surface area contributed by atoms with Crippen LogP contribution in [0.25, 0.3) is 0 Å². The zero-order valence-electron chi connectivity index (χ0n) is 12.0. The monoisotopic (exact) mass is 334 g/mol. The lowest BCUT2D eigenvalue weighted by atomic mass is 10.2. The van der Waals surface area contributed by atoms with Crippen LogP contribution in [0.2, 0.25) is 0 Å². The minimum Gasteiger partial charge on any atom is -0.370 e. The van der Waals surface area contributed by atoms with E-state index in [1.807, 2.05) is 13.0 Å². The van der Waals surface area contributed by atoms with Crippen LogP contribution < -0.4 is 10.6 Å². The highest BCUT2D eigenvalue weighted by Gasteiger charge is 2.08. The lowest BCUT2D eigenvalue weighted by Crippen LogP contribution is -2.07. The second kappa shape index (κ2) is 6.70. The number of rotatable bonds is 5. The molecule has 0 amide bonds. The van der Waals surface area contributed by atoms with Crippen molar-refractivity contribution in [2.45, 2.75) is 27.2 Å². The van der Waals surface area contributed by atoms with Gasteiger partial charge in [0.1, 0.15) is 18.0 Å². The molecule has 2 N–H and O–H groups in total. The van der Waals surface area contributed by atoms with Crippen molar-refractivity contribution in [1.29, 1.82) is 0 Å². The molecule has 1 aromatic carbocycles. The average Bonchev–Trinajstić information content (AvgIpc) is 2.44. The van der Waals surface area contributed by atoms with E-state index in [1.54, 1.807) is 6.33 Å². The number of benzene rings is 1. The first kappa shape index (κ1) is 14.8. The molecular formula is C15H19BrN4. The summed E-state index contributed by atoms with van der Waals surface area (Å²) in [6, 6.07) is 6.19. The summed E-state index contributed by atoms with van der Waals surface area (Å²) in [5.41, 5.74) is 3.23. The summed E-state index contributed by atoms with van der Waals surface area (Å²) < 4.78 is 1.02. The molecule has 0 unspecified atom stereocenters. The number of anilines is 3. The molecule has 4 nitrogen and oxygen atoms in total. The second-order valence-corrected chi connectivity index (χ2v) is 5.59. The van der Waals surface area contributed by atoms with Gasteiger partial charge in [0.15, 0.2) is 0 Å². The molecule has 0 bridgehead atoms. The van der Waals surface area contributed by atoms with Crippen molar-refractivity contribution in [3.63, 3.8) is 0 Å². The summed E-state index contributed by atoms with van der Waals surface area (Å²) in [5, 5.41) is 6.67. The third-order valence-corrected chi connectivity index (χ3v) is 3.69. The molecule has 0 aliphatic heterocycles. The van der Waals surface area contributed by atoms with Crippen molar-refractivity contribution >= 4 is 33.3 Å². The van der Waals surface area contributed by atoms with Crippen LogP contribution >= 0.6 is 15.9 Å². The predicted octanol–water partition coefficient (Wildman–Crippen LogP) is 4.42. The highest BCUT2D eigenvalue weighted by Crippen LogP contribution is 2.28. The van der Waals surface area contributed by atoms with E-state index < -0.39 is 0 Å². The maximum Gasteiger partial charge on any atom is 0.138 e. The van der Waals surface area contributed by atoms with Crippen molar-refractivity contribution < 1.29 is 0 Å². The van der Waals surface area contributed by atoms with E-state index in [1.165, 1.54) is 5.56 Å². The first-order chi connectivity index (χ1) is 9.61. The van der Waals surface area contributed by atoms with Crippen molar-refractivity contribution in [3.05, 3.63) is 40.1 Å². The van der Waals surface area contributed by atoms with E-state index in [-0.39, 0.29) is 0 Å². The third-order valence-electron chi connectivity index (χ3n) is 3.00. The van der Waals surface area contributed by atoms with Crippen LogP contribution in [0, 0.1) is 13.8 Å². The highest BCUT2D eigenvalue weighted by atomic mass is 79.9. The Morgan fingerprint density at radius 3 is 2.65 bits per heavy atom. The number of nitrogens with zero attached hydrogens (tertiary/aromatic N) is 2. The summed E-state index contributed by atoms with van der Waals surface area (Å²) in [6.07, 6.45) is 2.65. The number of aryl methyl sites for hydroxylation is 1. The molecule has 5 heteroatoms. The van der Waals surface area contributed by atoms with Crippen LogP contribution in [0.3, 0.4) is 0 Å². The molecule has 106 valence electrons. The Hall–Kier alpha value is -1.62. The van der Waals surface area contributed by atoms with Gasteiger partial charge < -0.3 is 10.6 Å². The first-order valence-electron chi connectivity index (χ1n) is 6.70. The molecule has 2 rings (SSSR count). The van der Waals surface area contributed by atoms with Crippen molar-refractivity contribution in [3.8, 4) is 0 Å². The predicted molar refractivity (Wildman–Crippen MR) is 87.7 cm³/mol. The molecule has 0 saturated heterocycles. The van der Waals surface area contributed by atoms with Crippen LogP contribution in [0.4, 0.5) is 17.3 Å². The Kier molecular flexibility index (Phi) is 4.95. The maximum atomic E-state index is 4.33. The van der Waals surface area contributed by atoms with Gasteiger partial charge in [-0.05, 0) is 53.9 Å². The maximum absolute atomic E-state index is 4.33. The molecule has 0 radical (unpaired) electrons. The largest absolute Gasteiger partial charge is 0.370 e. The van der Waals surface area contributed by atoms with Gasteiger partial charge in [-0.15, -0.1) is 0 Å². The zero-order valence-corrected chi connectivity index (χ0v) is 13.6. The van der Waals surface area contributed by atoms with E-state index in [9.17, 15) is 0 Å². The summed E-state index contributed by atoms with van der Waals surface area (Å²) in [7, 11) is 0. The molecule has 2 aromatic rings. The summed E-state index contributed by atoms with van der Waals surface area (Å²) >= 11 is 3.55. The number of hydrogen-bond donors (Lipinski definition) is 2. The van der Waals surface area contributed by atoms with Gasteiger partial charge in [-0.2, -0.15) is 0 Å². The molecule has 20 heavy (non-hydrogen) atoms. The minimum absolute atomic E-state index is 0.824. The quantitative estimate of drug-likeness (QED) is 0.849. The van der Waals surface area contributed by atoms with Crippen LogP contribution in [0.15, 0.2) is 29.0 Å². The van der Waals surface area contributed by atoms with Crippen molar-refractivity contribution in [1.82, 2.24) is 9.97 Å². The van der Waals surface area contributed by atoms with Gasteiger partial charge in [0.2, 0.25) is 0 Å². The Balaban J connectivity index is 2.27. The van der Waals surface area contributed by atoms with Crippen LogP contribution in [0.1, 0.15) is 24.5 Å². The van der Waals surface area contributed by atoms with Gasteiger partial charge in [-0.25, -0.2) is 9.97 Å². The number of hydrogen-bond acceptors (Lipinski definition) is 4. The minimum atomic E-state index is 0.824. The average molecular weight is 335 g/mol. The Bertz CT molecular complexity index is 598. The second-order valence-electron chi connectivity index (χ2n) is 4.73. The summed E-state index contributed by atoms with van der Waals surface area (Å²) in [4.78, 5) is 8.61. The molecule has 0 atom stereocenters. The van der Waals surface area contributed by atoms with Gasteiger partial charge in [0, 0.05) is 16.6 Å². The number of nitrogens with one attached hydrogen (secondary N) is 2. The van der Waals surface area contributed by atoms with Gasteiger partial charge in [0.25, 0.3) is 0 Å². The molecule has 0 aliphatic rings. The van der Waals surface area contributed by atoms with Crippen LogP contribution in [0.5, 0.6) is 0 Å². The topological polar surface area (TPSA) is 49.8 Å². The standard InChI is InChI=1S/C15H19BrN4/c1-4-7-17-14-11(3)15(19-9-18-14)20-13-8-10(2)5-6-12(13)16/h5-6,8-9H,4,7H2,1-3H3,(H2,17,18,19,20). The molecule has 0 fully saturated rings. The normalized spacial score (nSPS) is 10.4. The molecule has 1 heterocycles. The van der Waals surface area contributed by atoms with E-state index in [0.29, 0.717) is 0 Å². The molecule has 0 aliphatic carbocycles. The van der Waals surface area contributed by atoms with Crippen LogP contribution in [-0.2, 0) is 0 Å². The van der Waals surface area contributed by atoms with E-state index in [0.717, 1.165) is 40.3 Å². The fourth-order valence-corrected chi connectivity index (χ4v) is 2.21. The number of halogens is 1. The highest BCUT2D eigenvalue weighted by molar-refractivity contribution is 9.10. The fourth-order valence-electron chi connectivity index (χ4n) is 1.86. The van der Waals surface area contributed by atoms with E-state index in [4.69, 9.17) is 0 Å². The lowest BCUT2D eigenvalue weighted by molar-refractivity contribution is 0.960. The van der Waals surface area contributed by atoms with Gasteiger partial charge >= 0.3 is 0 Å².